The zero-order valence-corrected chi connectivity index (χ0v) is 15.1. The molecule has 2 aromatic carbocycles. The molecular weight excluding hydrogens is 365 g/mol. The Kier molecular flexibility index (Phi) is 5.59. The Morgan fingerprint density at radius 1 is 1.22 bits per heavy atom. The van der Waals surface area contributed by atoms with Crippen LogP contribution in [-0.2, 0) is 4.74 Å². The molecule has 1 N–H and O–H groups in total. The molecule has 0 saturated carbocycles. The first-order chi connectivity index (χ1) is 13.1. The Balaban J connectivity index is 1.76. The van der Waals surface area contributed by atoms with Crippen molar-refractivity contribution in [1.29, 1.82) is 5.26 Å². The van der Waals surface area contributed by atoms with E-state index in [9.17, 15) is 14.4 Å². The molecule has 0 unspecified atom stereocenters. The maximum absolute atomic E-state index is 13.0. The van der Waals surface area contributed by atoms with Crippen LogP contribution in [0.25, 0.3) is 16.8 Å². The molecule has 134 valence electrons. The topological polar surface area (TPSA) is 75.0 Å². The van der Waals surface area contributed by atoms with Crippen molar-refractivity contribution in [3.05, 3.63) is 76.5 Å². The number of esters is 1. The highest BCUT2D eigenvalue weighted by atomic mass is 32.1. The largest absolute Gasteiger partial charge is 0.465 e. The minimum absolute atomic E-state index is 0.311. The minimum atomic E-state index is -0.411. The smallest absolute Gasteiger partial charge is 0.337 e. The number of hydrogen-bond donors (Lipinski definition) is 1. The predicted octanol–water partition coefficient (Wildman–Crippen LogP) is 4.71. The molecular formula is C20H14FN3O2S. The number of nitrogens with zero attached hydrogens (tertiary/aromatic N) is 2. The summed E-state index contributed by atoms with van der Waals surface area (Å²) in [7, 11) is 1.32. The number of methoxy groups -OCH3 is 1. The summed E-state index contributed by atoms with van der Waals surface area (Å²) in [5, 5.41) is 14.8. The molecule has 0 aliphatic carbocycles. The van der Waals surface area contributed by atoms with Crippen LogP contribution in [0.1, 0.15) is 15.4 Å². The third-order valence-corrected chi connectivity index (χ3v) is 4.56. The van der Waals surface area contributed by atoms with E-state index in [4.69, 9.17) is 0 Å². The SMILES string of the molecule is COC(=O)c1ccc(N/C=C(\C#N)c2nc(-c3ccc(F)cc3)cs2)cc1. The molecule has 7 heteroatoms. The standard InChI is InChI=1S/C20H14FN3O2S/c1-26-20(25)14-4-8-17(9-5-14)23-11-15(10-22)19-24-18(12-27-19)13-2-6-16(21)7-3-13/h2-9,11-12,23H,1H3/b15-11+. The van der Waals surface area contributed by atoms with Crippen LogP contribution in [0.15, 0.2) is 60.1 Å². The Bertz CT molecular complexity index is 1020. The lowest BCUT2D eigenvalue weighted by Gasteiger charge is -2.03. The molecule has 0 saturated heterocycles. The molecule has 1 aromatic heterocycles. The molecule has 3 rings (SSSR count). The van der Waals surface area contributed by atoms with Crippen molar-refractivity contribution in [2.45, 2.75) is 0 Å². The number of rotatable bonds is 5. The van der Waals surface area contributed by atoms with Gasteiger partial charge in [-0.05, 0) is 48.5 Å². The summed E-state index contributed by atoms with van der Waals surface area (Å²) in [6, 6.07) is 14.8. The van der Waals surface area contributed by atoms with Crippen molar-refractivity contribution in [2.75, 3.05) is 12.4 Å². The van der Waals surface area contributed by atoms with Crippen LogP contribution in [0.5, 0.6) is 0 Å². The second-order valence-electron chi connectivity index (χ2n) is 5.43. The highest BCUT2D eigenvalue weighted by molar-refractivity contribution is 7.11. The highest BCUT2D eigenvalue weighted by Crippen LogP contribution is 2.26. The Morgan fingerprint density at radius 2 is 1.93 bits per heavy atom. The Hall–Kier alpha value is -3.50. The summed E-state index contributed by atoms with van der Waals surface area (Å²) in [5.74, 6) is -0.722. The minimum Gasteiger partial charge on any atom is -0.465 e. The van der Waals surface area contributed by atoms with Gasteiger partial charge in [-0.2, -0.15) is 5.26 Å². The van der Waals surface area contributed by atoms with Gasteiger partial charge in [0.1, 0.15) is 22.5 Å². The number of carbonyl (C=O) groups excluding carboxylic acids is 1. The zero-order chi connectivity index (χ0) is 19.2. The first kappa shape index (κ1) is 18.3. The van der Waals surface area contributed by atoms with Gasteiger partial charge in [-0.25, -0.2) is 14.2 Å². The maximum Gasteiger partial charge on any atom is 0.337 e. The van der Waals surface area contributed by atoms with Gasteiger partial charge in [0.2, 0.25) is 0 Å². The number of carbonyl (C=O) groups is 1. The number of anilines is 1. The van der Waals surface area contributed by atoms with Crippen molar-refractivity contribution in [3.63, 3.8) is 0 Å². The van der Waals surface area contributed by atoms with Crippen molar-refractivity contribution in [3.8, 4) is 17.3 Å². The second-order valence-corrected chi connectivity index (χ2v) is 6.29. The van der Waals surface area contributed by atoms with E-state index in [0.29, 0.717) is 27.5 Å². The van der Waals surface area contributed by atoms with Crippen LogP contribution in [0, 0.1) is 17.1 Å². The molecule has 0 aliphatic rings. The molecule has 3 aromatic rings. The molecule has 0 atom stereocenters. The van der Waals surface area contributed by atoms with Gasteiger partial charge in [0.15, 0.2) is 0 Å². The number of ether oxygens (including phenoxy) is 1. The summed E-state index contributed by atoms with van der Waals surface area (Å²) < 4.78 is 17.7. The quantitative estimate of drug-likeness (QED) is 0.513. The third kappa shape index (κ3) is 4.37. The van der Waals surface area contributed by atoms with Gasteiger partial charge in [0.25, 0.3) is 0 Å². The van der Waals surface area contributed by atoms with Crippen LogP contribution in [0.4, 0.5) is 10.1 Å². The highest BCUT2D eigenvalue weighted by Gasteiger charge is 2.09. The van der Waals surface area contributed by atoms with E-state index in [0.717, 1.165) is 5.56 Å². The lowest BCUT2D eigenvalue weighted by atomic mass is 10.2. The average Bonchev–Trinajstić information content (AvgIpc) is 3.19. The average molecular weight is 379 g/mol. The zero-order valence-electron chi connectivity index (χ0n) is 14.3. The van der Waals surface area contributed by atoms with Crippen molar-refractivity contribution in [1.82, 2.24) is 4.98 Å². The maximum atomic E-state index is 13.0. The van der Waals surface area contributed by atoms with Crippen LogP contribution in [0.3, 0.4) is 0 Å². The number of thiazole rings is 1. The molecule has 27 heavy (non-hydrogen) atoms. The number of nitrogens with one attached hydrogen (secondary N) is 1. The number of hydrogen-bond acceptors (Lipinski definition) is 6. The molecule has 0 aliphatic heterocycles. The first-order valence-corrected chi connectivity index (χ1v) is 8.75. The van der Waals surface area contributed by atoms with Crippen LogP contribution in [0.2, 0.25) is 0 Å². The number of halogens is 1. The van der Waals surface area contributed by atoms with Crippen LogP contribution in [-0.4, -0.2) is 18.1 Å². The Labute approximate surface area is 159 Å². The summed E-state index contributed by atoms with van der Waals surface area (Å²) >= 11 is 1.33. The van der Waals surface area contributed by atoms with Gasteiger partial charge in [-0.3, -0.25) is 0 Å². The first-order valence-electron chi connectivity index (χ1n) is 7.87. The molecule has 0 spiro atoms. The van der Waals surface area contributed by atoms with Crippen molar-refractivity contribution in [2.24, 2.45) is 0 Å². The van der Waals surface area contributed by atoms with Crippen molar-refractivity contribution < 1.29 is 13.9 Å². The number of aromatic nitrogens is 1. The molecule has 1 heterocycles. The molecule has 0 amide bonds. The van der Waals surface area contributed by atoms with E-state index in [1.165, 1.54) is 30.6 Å². The van der Waals surface area contributed by atoms with Gasteiger partial charge in [0.05, 0.1) is 18.4 Å². The number of nitriles is 1. The van der Waals surface area contributed by atoms with E-state index in [1.807, 2.05) is 5.38 Å². The summed E-state index contributed by atoms with van der Waals surface area (Å²) in [6.45, 7) is 0. The fraction of sp³-hybridized carbons (Fsp3) is 0.0500. The second kappa shape index (κ2) is 8.25. The van der Waals surface area contributed by atoms with E-state index in [2.05, 4.69) is 21.1 Å². The van der Waals surface area contributed by atoms with Crippen molar-refractivity contribution >= 4 is 28.6 Å². The molecule has 5 nitrogen and oxygen atoms in total. The van der Waals surface area contributed by atoms with Gasteiger partial charge in [-0.1, -0.05) is 0 Å². The summed E-state index contributed by atoms with van der Waals surface area (Å²) in [4.78, 5) is 15.9. The van der Waals surface area contributed by atoms with Crippen LogP contribution >= 0.6 is 11.3 Å². The van der Waals surface area contributed by atoms with Gasteiger partial charge in [0, 0.05) is 22.8 Å². The van der Waals surface area contributed by atoms with E-state index < -0.39 is 5.97 Å². The number of allylic oxidation sites excluding steroid dienone is 1. The van der Waals surface area contributed by atoms with Gasteiger partial charge < -0.3 is 10.1 Å². The molecule has 0 radical (unpaired) electrons. The monoisotopic (exact) mass is 379 g/mol. The van der Waals surface area contributed by atoms with Crippen LogP contribution < -0.4 is 5.32 Å². The molecule has 0 bridgehead atoms. The third-order valence-electron chi connectivity index (χ3n) is 3.68. The van der Waals surface area contributed by atoms with E-state index in [-0.39, 0.29) is 5.82 Å². The fourth-order valence-corrected chi connectivity index (χ4v) is 3.06. The fourth-order valence-electron chi connectivity index (χ4n) is 2.27. The summed E-state index contributed by atoms with van der Waals surface area (Å²) in [6.07, 6.45) is 1.56. The normalized spacial score (nSPS) is 10.9. The Morgan fingerprint density at radius 3 is 2.56 bits per heavy atom. The predicted molar refractivity (Wildman–Crippen MR) is 103 cm³/mol. The summed E-state index contributed by atoms with van der Waals surface area (Å²) in [5.41, 5.74) is 2.98. The number of benzene rings is 2. The van der Waals surface area contributed by atoms with E-state index in [1.54, 1.807) is 42.6 Å². The lowest BCUT2D eigenvalue weighted by Crippen LogP contribution is -2.00. The van der Waals surface area contributed by atoms with Gasteiger partial charge >= 0.3 is 5.97 Å². The lowest BCUT2D eigenvalue weighted by molar-refractivity contribution is 0.0601. The van der Waals surface area contributed by atoms with Gasteiger partial charge in [-0.15, -0.1) is 11.3 Å². The van der Waals surface area contributed by atoms with E-state index >= 15 is 0 Å². The molecule has 0 fully saturated rings.